The minimum atomic E-state index is -0.872. The topological polar surface area (TPSA) is 66.8 Å². The van der Waals surface area contributed by atoms with Crippen LogP contribution in [0.1, 0.15) is 51.9 Å². The molecular weight excluding hydrogens is 270 g/mol. The zero-order chi connectivity index (χ0) is 15.2. The van der Waals surface area contributed by atoms with Crippen LogP contribution in [0.3, 0.4) is 0 Å². The Bertz CT molecular complexity index is 365. The number of ether oxygens (including phenoxy) is 1. The van der Waals surface area contributed by atoms with Crippen LogP contribution in [-0.4, -0.2) is 47.7 Å². The first-order valence-electron chi connectivity index (χ1n) is 8.17. The first-order valence-corrected chi connectivity index (χ1v) is 8.17. The van der Waals surface area contributed by atoms with Crippen LogP contribution in [-0.2, 0) is 14.3 Å². The lowest BCUT2D eigenvalue weighted by atomic mass is 9.79. The van der Waals surface area contributed by atoms with Gasteiger partial charge >= 0.3 is 5.97 Å². The summed E-state index contributed by atoms with van der Waals surface area (Å²) in [6.07, 6.45) is 6.86. The van der Waals surface area contributed by atoms with Crippen molar-refractivity contribution < 1.29 is 19.4 Å². The number of nitrogens with zero attached hydrogens (tertiary/aromatic N) is 1. The molecule has 1 heterocycles. The van der Waals surface area contributed by atoms with Crippen molar-refractivity contribution in [2.75, 3.05) is 19.8 Å². The second kappa shape index (κ2) is 7.78. The van der Waals surface area contributed by atoms with Crippen LogP contribution in [0.2, 0.25) is 0 Å². The Morgan fingerprint density at radius 3 is 2.67 bits per heavy atom. The average molecular weight is 297 g/mol. The number of hydrogen-bond donors (Lipinski definition) is 1. The van der Waals surface area contributed by atoms with Gasteiger partial charge in [0.2, 0.25) is 5.91 Å². The van der Waals surface area contributed by atoms with Gasteiger partial charge < -0.3 is 14.7 Å². The summed E-state index contributed by atoms with van der Waals surface area (Å²) >= 11 is 0. The highest BCUT2D eigenvalue weighted by Crippen LogP contribution is 2.32. The second-order valence-corrected chi connectivity index (χ2v) is 6.49. The molecule has 0 aromatic carbocycles. The Labute approximate surface area is 126 Å². The van der Waals surface area contributed by atoms with Crippen LogP contribution >= 0.6 is 0 Å². The fraction of sp³-hybridized carbons (Fsp3) is 0.875. The molecule has 5 nitrogen and oxygen atoms in total. The van der Waals surface area contributed by atoms with Gasteiger partial charge in [0.1, 0.15) is 0 Å². The Morgan fingerprint density at radius 1 is 1.29 bits per heavy atom. The predicted octanol–water partition coefficient (Wildman–Crippen LogP) is 2.29. The van der Waals surface area contributed by atoms with Crippen LogP contribution in [0.5, 0.6) is 0 Å². The van der Waals surface area contributed by atoms with Crippen LogP contribution in [0, 0.1) is 11.8 Å². The van der Waals surface area contributed by atoms with Crippen molar-refractivity contribution in [3.8, 4) is 0 Å². The van der Waals surface area contributed by atoms with E-state index in [2.05, 4.69) is 6.92 Å². The first kappa shape index (κ1) is 16.3. The smallest absolute Gasteiger partial charge is 0.305 e. The van der Waals surface area contributed by atoms with E-state index in [1.54, 1.807) is 4.90 Å². The highest BCUT2D eigenvalue weighted by Gasteiger charge is 2.31. The number of carboxylic acids is 1. The number of rotatable bonds is 5. The molecule has 2 unspecified atom stereocenters. The van der Waals surface area contributed by atoms with Crippen molar-refractivity contribution in [2.45, 2.75) is 57.9 Å². The minimum Gasteiger partial charge on any atom is -0.481 e. The Hall–Kier alpha value is -1.10. The second-order valence-electron chi connectivity index (χ2n) is 6.49. The third-order valence-corrected chi connectivity index (χ3v) is 4.91. The number of carbonyl (C=O) groups is 2. The first-order chi connectivity index (χ1) is 10.1. The van der Waals surface area contributed by atoms with E-state index >= 15 is 0 Å². The van der Waals surface area contributed by atoms with E-state index < -0.39 is 5.97 Å². The maximum Gasteiger partial charge on any atom is 0.305 e. The number of morpholine rings is 1. The quantitative estimate of drug-likeness (QED) is 0.845. The molecule has 0 aromatic heterocycles. The lowest BCUT2D eigenvalue weighted by Crippen LogP contribution is -2.50. The van der Waals surface area contributed by atoms with E-state index in [-0.39, 0.29) is 18.4 Å². The van der Waals surface area contributed by atoms with Crippen molar-refractivity contribution >= 4 is 11.9 Å². The highest BCUT2D eigenvalue weighted by atomic mass is 16.5. The van der Waals surface area contributed by atoms with Crippen LogP contribution in [0.15, 0.2) is 0 Å². The van der Waals surface area contributed by atoms with Gasteiger partial charge in [-0.3, -0.25) is 9.59 Å². The number of carbonyl (C=O) groups excluding carboxylic acids is 1. The summed E-state index contributed by atoms with van der Waals surface area (Å²) in [5.41, 5.74) is 0. The van der Waals surface area contributed by atoms with Gasteiger partial charge in [0, 0.05) is 13.0 Å². The van der Waals surface area contributed by atoms with Crippen molar-refractivity contribution in [1.82, 2.24) is 4.90 Å². The molecule has 21 heavy (non-hydrogen) atoms. The van der Waals surface area contributed by atoms with Gasteiger partial charge in [-0.25, -0.2) is 0 Å². The average Bonchev–Trinajstić information content (AvgIpc) is 2.48. The molecule has 1 saturated carbocycles. The zero-order valence-corrected chi connectivity index (χ0v) is 12.9. The normalized spacial score (nSPS) is 25.6. The number of hydrogen-bond acceptors (Lipinski definition) is 3. The van der Waals surface area contributed by atoms with E-state index in [9.17, 15) is 9.59 Å². The summed E-state index contributed by atoms with van der Waals surface area (Å²) in [6.45, 7) is 3.55. The van der Waals surface area contributed by atoms with Crippen molar-refractivity contribution in [3.05, 3.63) is 0 Å². The van der Waals surface area contributed by atoms with Gasteiger partial charge in [-0.15, -0.1) is 0 Å². The molecule has 2 atom stereocenters. The molecule has 0 spiro atoms. The molecule has 1 amide bonds. The molecule has 0 radical (unpaired) electrons. The molecule has 0 bridgehead atoms. The monoisotopic (exact) mass is 297 g/mol. The number of aliphatic carboxylic acids is 1. The van der Waals surface area contributed by atoms with Gasteiger partial charge in [-0.1, -0.05) is 39.0 Å². The molecule has 0 aromatic rings. The fourth-order valence-electron chi connectivity index (χ4n) is 3.62. The third-order valence-electron chi connectivity index (χ3n) is 4.91. The maximum atomic E-state index is 12.5. The van der Waals surface area contributed by atoms with Gasteiger partial charge in [0.05, 0.1) is 25.7 Å². The van der Waals surface area contributed by atoms with Crippen LogP contribution < -0.4 is 0 Å². The third kappa shape index (κ3) is 4.70. The van der Waals surface area contributed by atoms with E-state index in [4.69, 9.17) is 9.84 Å². The molecule has 2 rings (SSSR count). The summed E-state index contributed by atoms with van der Waals surface area (Å²) in [5.74, 6) is 0.277. The summed E-state index contributed by atoms with van der Waals surface area (Å²) in [5, 5.41) is 8.96. The van der Waals surface area contributed by atoms with E-state index in [0.717, 1.165) is 0 Å². The largest absolute Gasteiger partial charge is 0.481 e. The van der Waals surface area contributed by atoms with Crippen LogP contribution in [0.25, 0.3) is 0 Å². The van der Waals surface area contributed by atoms with Gasteiger partial charge in [-0.2, -0.15) is 0 Å². The molecule has 2 aliphatic rings. The molecule has 5 heteroatoms. The summed E-state index contributed by atoms with van der Waals surface area (Å²) in [7, 11) is 0. The molecule has 120 valence electrons. The lowest BCUT2D eigenvalue weighted by Gasteiger charge is -2.36. The molecule has 2 fully saturated rings. The van der Waals surface area contributed by atoms with Crippen LogP contribution in [0.4, 0.5) is 0 Å². The summed E-state index contributed by atoms with van der Waals surface area (Å²) in [6, 6.07) is -0.303. The minimum absolute atomic E-state index is 0.0243. The fourth-order valence-corrected chi connectivity index (χ4v) is 3.62. The van der Waals surface area contributed by atoms with Gasteiger partial charge in [0.15, 0.2) is 0 Å². The van der Waals surface area contributed by atoms with E-state index in [1.807, 2.05) is 0 Å². The lowest BCUT2D eigenvalue weighted by molar-refractivity contribution is -0.147. The standard InChI is InChI=1S/C16H27NO4/c1-12(13-5-3-2-4-6-13)9-15(18)17-7-8-21-11-14(17)10-16(19)20/h12-14H,2-11H2,1H3,(H,19,20). The number of carboxylic acid groups (broad SMARTS) is 1. The van der Waals surface area contributed by atoms with E-state index in [1.165, 1.54) is 32.1 Å². The summed E-state index contributed by atoms with van der Waals surface area (Å²) in [4.78, 5) is 25.2. The maximum absolute atomic E-state index is 12.5. The highest BCUT2D eigenvalue weighted by molar-refractivity contribution is 5.78. The predicted molar refractivity (Wildman–Crippen MR) is 78.9 cm³/mol. The summed E-state index contributed by atoms with van der Waals surface area (Å²) < 4.78 is 5.33. The Balaban J connectivity index is 1.88. The molecule has 1 N–H and O–H groups in total. The van der Waals surface area contributed by atoms with Crippen molar-refractivity contribution in [2.24, 2.45) is 11.8 Å². The van der Waals surface area contributed by atoms with Gasteiger partial charge in [-0.05, 0) is 11.8 Å². The Kier molecular flexibility index (Phi) is 6.03. The molecule has 1 aliphatic heterocycles. The number of amides is 1. The zero-order valence-electron chi connectivity index (χ0n) is 12.9. The molecule has 1 saturated heterocycles. The molecular formula is C16H27NO4. The molecule has 1 aliphatic carbocycles. The van der Waals surface area contributed by atoms with Crippen molar-refractivity contribution in [3.63, 3.8) is 0 Å². The SMILES string of the molecule is CC(CC(=O)N1CCOCC1CC(=O)O)C1CCCCC1. The Morgan fingerprint density at radius 2 is 2.00 bits per heavy atom. The van der Waals surface area contributed by atoms with E-state index in [0.29, 0.717) is 38.0 Å². The van der Waals surface area contributed by atoms with Gasteiger partial charge in [0.25, 0.3) is 0 Å². The van der Waals surface area contributed by atoms with Crippen molar-refractivity contribution in [1.29, 1.82) is 0 Å².